The summed E-state index contributed by atoms with van der Waals surface area (Å²) in [5, 5.41) is 10.2. The molecular formula is C16H27N7O2. The molecule has 138 valence electrons. The first-order valence-electron chi connectivity index (χ1n) is 8.98. The van der Waals surface area contributed by atoms with Crippen molar-refractivity contribution in [1.82, 2.24) is 30.6 Å². The SMILES string of the molecule is CCNC(=NCc1noc(C)n1)N1CCN(CC(=O)NC2CC2)CC1. The fourth-order valence-corrected chi connectivity index (χ4v) is 2.80. The minimum atomic E-state index is 0.143. The van der Waals surface area contributed by atoms with Gasteiger partial charge in [0, 0.05) is 45.7 Å². The number of hydrogen-bond acceptors (Lipinski definition) is 6. The summed E-state index contributed by atoms with van der Waals surface area (Å²) in [5.41, 5.74) is 0. The van der Waals surface area contributed by atoms with E-state index in [1.54, 1.807) is 6.92 Å². The van der Waals surface area contributed by atoms with Crippen LogP contribution in [-0.4, -0.2) is 77.1 Å². The van der Waals surface area contributed by atoms with Gasteiger partial charge in [-0.15, -0.1) is 0 Å². The van der Waals surface area contributed by atoms with E-state index in [9.17, 15) is 4.79 Å². The number of piperazine rings is 1. The second kappa shape index (κ2) is 8.28. The van der Waals surface area contributed by atoms with Gasteiger partial charge in [-0.1, -0.05) is 5.16 Å². The van der Waals surface area contributed by atoms with Crippen molar-refractivity contribution in [1.29, 1.82) is 0 Å². The standard InChI is InChI=1S/C16H27N7O2/c1-3-17-16(18-10-14-19-12(2)25-21-14)23-8-6-22(7-9-23)11-15(24)20-13-4-5-13/h13H,3-11H2,1-2H3,(H,17,18)(H,20,24). The molecule has 0 bridgehead atoms. The molecule has 2 N–H and O–H groups in total. The van der Waals surface area contributed by atoms with Gasteiger partial charge < -0.3 is 20.1 Å². The second-order valence-corrected chi connectivity index (χ2v) is 6.50. The Hall–Kier alpha value is -2.16. The Bertz CT molecular complexity index is 603. The summed E-state index contributed by atoms with van der Waals surface area (Å²) in [6.07, 6.45) is 2.25. The van der Waals surface area contributed by atoms with Crippen molar-refractivity contribution in [2.24, 2.45) is 4.99 Å². The highest BCUT2D eigenvalue weighted by atomic mass is 16.5. The summed E-state index contributed by atoms with van der Waals surface area (Å²) in [5.74, 6) is 2.13. The zero-order chi connectivity index (χ0) is 17.6. The third-order valence-corrected chi connectivity index (χ3v) is 4.26. The molecule has 1 amide bonds. The number of aryl methyl sites for hydroxylation is 1. The molecule has 25 heavy (non-hydrogen) atoms. The molecule has 9 nitrogen and oxygen atoms in total. The highest BCUT2D eigenvalue weighted by Gasteiger charge is 2.25. The number of amides is 1. The minimum Gasteiger partial charge on any atom is -0.357 e. The fraction of sp³-hybridized carbons (Fsp3) is 0.750. The lowest BCUT2D eigenvalue weighted by molar-refractivity contribution is -0.122. The maximum absolute atomic E-state index is 11.9. The van der Waals surface area contributed by atoms with Gasteiger partial charge in [-0.05, 0) is 19.8 Å². The van der Waals surface area contributed by atoms with Gasteiger partial charge in [0.25, 0.3) is 0 Å². The van der Waals surface area contributed by atoms with Crippen LogP contribution >= 0.6 is 0 Å². The first-order valence-corrected chi connectivity index (χ1v) is 8.98. The van der Waals surface area contributed by atoms with Crippen molar-refractivity contribution in [2.45, 2.75) is 39.3 Å². The Labute approximate surface area is 147 Å². The Morgan fingerprint density at radius 3 is 2.68 bits per heavy atom. The van der Waals surface area contributed by atoms with Crippen LogP contribution in [0.5, 0.6) is 0 Å². The van der Waals surface area contributed by atoms with Gasteiger partial charge >= 0.3 is 0 Å². The monoisotopic (exact) mass is 349 g/mol. The molecule has 2 heterocycles. The van der Waals surface area contributed by atoms with Crippen molar-refractivity contribution in [3.8, 4) is 0 Å². The number of carbonyl (C=O) groups excluding carboxylic acids is 1. The van der Waals surface area contributed by atoms with E-state index in [2.05, 4.69) is 35.6 Å². The van der Waals surface area contributed by atoms with Gasteiger partial charge in [0.15, 0.2) is 11.8 Å². The first kappa shape index (κ1) is 17.7. The largest absolute Gasteiger partial charge is 0.357 e. The van der Waals surface area contributed by atoms with Crippen LogP contribution in [0.2, 0.25) is 0 Å². The number of rotatable bonds is 6. The molecule has 3 rings (SSSR count). The molecule has 2 fully saturated rings. The number of aliphatic imine (C=N–C) groups is 1. The lowest BCUT2D eigenvalue weighted by Crippen LogP contribution is -2.54. The van der Waals surface area contributed by atoms with Crippen molar-refractivity contribution in [3.63, 3.8) is 0 Å². The van der Waals surface area contributed by atoms with E-state index in [4.69, 9.17) is 4.52 Å². The highest BCUT2D eigenvalue weighted by Crippen LogP contribution is 2.18. The summed E-state index contributed by atoms with van der Waals surface area (Å²) < 4.78 is 4.98. The van der Waals surface area contributed by atoms with Crippen LogP contribution in [0.15, 0.2) is 9.52 Å². The van der Waals surface area contributed by atoms with Crippen LogP contribution in [0.3, 0.4) is 0 Å². The zero-order valence-corrected chi connectivity index (χ0v) is 15.0. The Morgan fingerprint density at radius 1 is 1.32 bits per heavy atom. The van der Waals surface area contributed by atoms with E-state index >= 15 is 0 Å². The molecule has 0 radical (unpaired) electrons. The molecule has 1 saturated carbocycles. The number of nitrogens with zero attached hydrogens (tertiary/aromatic N) is 5. The smallest absolute Gasteiger partial charge is 0.234 e. The van der Waals surface area contributed by atoms with Gasteiger partial charge in [-0.25, -0.2) is 4.99 Å². The molecule has 1 aliphatic carbocycles. The molecule has 9 heteroatoms. The quantitative estimate of drug-likeness (QED) is 0.539. The number of hydrogen-bond donors (Lipinski definition) is 2. The number of carbonyl (C=O) groups is 1. The van der Waals surface area contributed by atoms with Crippen molar-refractivity contribution in [2.75, 3.05) is 39.3 Å². The lowest BCUT2D eigenvalue weighted by atomic mass is 10.3. The normalized spacial score (nSPS) is 19.1. The summed E-state index contributed by atoms with van der Waals surface area (Å²) in [6, 6.07) is 0.426. The zero-order valence-electron chi connectivity index (χ0n) is 15.0. The number of nitrogens with one attached hydrogen (secondary N) is 2. The van der Waals surface area contributed by atoms with Crippen molar-refractivity contribution < 1.29 is 9.32 Å². The Morgan fingerprint density at radius 2 is 2.08 bits per heavy atom. The van der Waals surface area contributed by atoms with Crippen molar-refractivity contribution >= 4 is 11.9 Å². The third-order valence-electron chi connectivity index (χ3n) is 4.26. The van der Waals surface area contributed by atoms with Gasteiger partial charge in [0.2, 0.25) is 11.8 Å². The molecule has 1 saturated heterocycles. The van der Waals surface area contributed by atoms with Gasteiger partial charge in [-0.2, -0.15) is 4.98 Å². The van der Waals surface area contributed by atoms with Crippen LogP contribution in [-0.2, 0) is 11.3 Å². The van der Waals surface area contributed by atoms with E-state index in [0.29, 0.717) is 30.8 Å². The average Bonchev–Trinajstić information content (AvgIpc) is 3.31. The second-order valence-electron chi connectivity index (χ2n) is 6.50. The fourth-order valence-electron chi connectivity index (χ4n) is 2.80. The minimum absolute atomic E-state index is 0.143. The molecule has 1 aliphatic heterocycles. The van der Waals surface area contributed by atoms with Crippen LogP contribution < -0.4 is 10.6 Å². The molecule has 1 aromatic heterocycles. The van der Waals surface area contributed by atoms with Gasteiger partial charge in [0.05, 0.1) is 6.54 Å². The first-order chi connectivity index (χ1) is 12.1. The molecule has 0 unspecified atom stereocenters. The molecular weight excluding hydrogens is 322 g/mol. The molecule has 0 aromatic carbocycles. The number of guanidine groups is 1. The molecule has 0 spiro atoms. The van der Waals surface area contributed by atoms with Gasteiger partial charge in [-0.3, -0.25) is 9.69 Å². The summed E-state index contributed by atoms with van der Waals surface area (Å²) >= 11 is 0. The summed E-state index contributed by atoms with van der Waals surface area (Å²) in [4.78, 5) is 25.1. The van der Waals surface area contributed by atoms with E-state index in [0.717, 1.165) is 51.5 Å². The van der Waals surface area contributed by atoms with E-state index in [1.807, 2.05) is 6.92 Å². The summed E-state index contributed by atoms with van der Waals surface area (Å²) in [6.45, 7) is 8.88. The van der Waals surface area contributed by atoms with E-state index in [-0.39, 0.29) is 5.91 Å². The maximum Gasteiger partial charge on any atom is 0.234 e. The van der Waals surface area contributed by atoms with Crippen LogP contribution in [0.1, 0.15) is 31.5 Å². The molecule has 0 atom stereocenters. The predicted octanol–water partition coefficient (Wildman–Crippen LogP) is -0.260. The average molecular weight is 349 g/mol. The lowest BCUT2D eigenvalue weighted by Gasteiger charge is -2.36. The maximum atomic E-state index is 11.9. The molecule has 2 aliphatic rings. The van der Waals surface area contributed by atoms with Gasteiger partial charge in [0.1, 0.15) is 6.54 Å². The Balaban J connectivity index is 1.48. The molecule has 1 aromatic rings. The van der Waals surface area contributed by atoms with Crippen LogP contribution in [0.4, 0.5) is 0 Å². The third kappa shape index (κ3) is 5.42. The predicted molar refractivity (Wildman–Crippen MR) is 93.0 cm³/mol. The van der Waals surface area contributed by atoms with Crippen LogP contribution in [0, 0.1) is 6.92 Å². The Kier molecular flexibility index (Phi) is 5.85. The topological polar surface area (TPSA) is 98.9 Å². The number of aromatic nitrogens is 2. The van der Waals surface area contributed by atoms with E-state index < -0.39 is 0 Å². The van der Waals surface area contributed by atoms with E-state index in [1.165, 1.54) is 0 Å². The van der Waals surface area contributed by atoms with Crippen molar-refractivity contribution in [3.05, 3.63) is 11.7 Å². The summed E-state index contributed by atoms with van der Waals surface area (Å²) in [7, 11) is 0. The highest BCUT2D eigenvalue weighted by molar-refractivity contribution is 5.80. The van der Waals surface area contributed by atoms with Crippen LogP contribution in [0.25, 0.3) is 0 Å².